The number of halogens is 3. The van der Waals surface area contributed by atoms with E-state index in [0.717, 1.165) is 12.1 Å². The molecule has 0 fully saturated rings. The van der Waals surface area contributed by atoms with Crippen LogP contribution in [-0.4, -0.2) is 21.3 Å². The Balaban J connectivity index is 2.60. The Hall–Kier alpha value is -1.96. The third-order valence-corrected chi connectivity index (χ3v) is 2.74. The van der Waals surface area contributed by atoms with E-state index in [-0.39, 0.29) is 15.7 Å². The first-order valence-electron chi connectivity index (χ1n) is 4.48. The predicted molar refractivity (Wildman–Crippen MR) is 58.2 cm³/mol. The second-order valence-electron chi connectivity index (χ2n) is 3.26. The van der Waals surface area contributed by atoms with Gasteiger partial charge in [-0.1, -0.05) is 5.16 Å². The summed E-state index contributed by atoms with van der Waals surface area (Å²) in [6.07, 6.45) is 0. The standard InChI is InChI=1S/C10H4BrF2NO4/c11-4-1-3(7(12)8(13)9(4)15)5-2-6(10(16)17)18-14-5/h1-2,15H,(H,16,17). The van der Waals surface area contributed by atoms with E-state index in [1.807, 2.05) is 0 Å². The van der Waals surface area contributed by atoms with E-state index in [4.69, 9.17) is 10.2 Å². The van der Waals surface area contributed by atoms with Crippen LogP contribution in [-0.2, 0) is 0 Å². The highest BCUT2D eigenvalue weighted by molar-refractivity contribution is 9.10. The molecule has 0 radical (unpaired) electrons. The lowest BCUT2D eigenvalue weighted by Crippen LogP contribution is -1.93. The largest absolute Gasteiger partial charge is 0.504 e. The first-order valence-corrected chi connectivity index (χ1v) is 5.28. The van der Waals surface area contributed by atoms with E-state index in [2.05, 4.69) is 25.6 Å². The summed E-state index contributed by atoms with van der Waals surface area (Å²) in [7, 11) is 0. The summed E-state index contributed by atoms with van der Waals surface area (Å²) < 4.78 is 31.2. The quantitative estimate of drug-likeness (QED) is 0.831. The molecule has 1 aromatic heterocycles. The molecule has 94 valence electrons. The molecule has 0 aliphatic heterocycles. The Morgan fingerprint density at radius 1 is 1.33 bits per heavy atom. The molecular weight excluding hydrogens is 316 g/mol. The number of rotatable bonds is 2. The Morgan fingerprint density at radius 2 is 2.00 bits per heavy atom. The number of hydrogen-bond acceptors (Lipinski definition) is 4. The number of phenols is 1. The van der Waals surface area contributed by atoms with Gasteiger partial charge in [-0.3, -0.25) is 0 Å². The summed E-state index contributed by atoms with van der Waals surface area (Å²) in [5.74, 6) is -5.57. The lowest BCUT2D eigenvalue weighted by atomic mass is 10.1. The van der Waals surface area contributed by atoms with Crippen LogP contribution in [0.25, 0.3) is 11.3 Å². The van der Waals surface area contributed by atoms with Gasteiger partial charge in [0, 0.05) is 11.6 Å². The van der Waals surface area contributed by atoms with Crippen LogP contribution < -0.4 is 0 Å². The van der Waals surface area contributed by atoms with Crippen molar-refractivity contribution in [2.75, 3.05) is 0 Å². The highest BCUT2D eigenvalue weighted by Gasteiger charge is 2.21. The van der Waals surface area contributed by atoms with Crippen molar-refractivity contribution in [1.82, 2.24) is 5.16 Å². The molecule has 8 heteroatoms. The van der Waals surface area contributed by atoms with Crippen molar-refractivity contribution < 1.29 is 28.3 Å². The second-order valence-corrected chi connectivity index (χ2v) is 4.12. The van der Waals surface area contributed by atoms with Crippen molar-refractivity contribution in [2.45, 2.75) is 0 Å². The maximum atomic E-state index is 13.6. The van der Waals surface area contributed by atoms with E-state index in [0.29, 0.717) is 0 Å². The number of aromatic hydroxyl groups is 1. The molecule has 0 bridgehead atoms. The maximum Gasteiger partial charge on any atom is 0.374 e. The van der Waals surface area contributed by atoms with E-state index in [1.165, 1.54) is 0 Å². The van der Waals surface area contributed by atoms with Crippen LogP contribution in [0.4, 0.5) is 8.78 Å². The number of carboxylic acid groups (broad SMARTS) is 1. The van der Waals surface area contributed by atoms with Gasteiger partial charge in [0.25, 0.3) is 0 Å². The van der Waals surface area contributed by atoms with Crippen molar-refractivity contribution in [1.29, 1.82) is 0 Å². The average molecular weight is 320 g/mol. The molecular formula is C10H4BrF2NO4. The SMILES string of the molecule is O=C(O)c1cc(-c2cc(Br)c(O)c(F)c2F)no1. The van der Waals surface area contributed by atoms with Crippen molar-refractivity contribution in [3.8, 4) is 17.0 Å². The Labute approximate surface area is 107 Å². The van der Waals surface area contributed by atoms with Gasteiger partial charge in [0.05, 0.1) is 4.47 Å². The summed E-state index contributed by atoms with van der Waals surface area (Å²) >= 11 is 2.83. The molecule has 5 nitrogen and oxygen atoms in total. The molecule has 2 rings (SSSR count). The van der Waals surface area contributed by atoms with Crippen molar-refractivity contribution in [2.24, 2.45) is 0 Å². The normalized spacial score (nSPS) is 10.6. The lowest BCUT2D eigenvalue weighted by molar-refractivity contribution is 0.0652. The summed E-state index contributed by atoms with van der Waals surface area (Å²) in [6, 6.07) is 2.01. The molecule has 0 atom stereocenters. The Bertz CT molecular complexity index is 641. The van der Waals surface area contributed by atoms with Crippen LogP contribution in [0, 0.1) is 11.6 Å². The van der Waals surface area contributed by atoms with E-state index < -0.39 is 29.1 Å². The van der Waals surface area contributed by atoms with Crippen LogP contribution in [0.15, 0.2) is 21.1 Å². The number of hydrogen-bond donors (Lipinski definition) is 2. The Kier molecular flexibility index (Phi) is 3.04. The van der Waals surface area contributed by atoms with Crippen LogP contribution >= 0.6 is 15.9 Å². The molecule has 0 unspecified atom stereocenters. The monoisotopic (exact) mass is 319 g/mol. The van der Waals surface area contributed by atoms with Gasteiger partial charge in [-0.15, -0.1) is 0 Å². The fraction of sp³-hybridized carbons (Fsp3) is 0. The number of carboxylic acids is 1. The molecule has 0 saturated carbocycles. The fourth-order valence-corrected chi connectivity index (χ4v) is 1.68. The molecule has 18 heavy (non-hydrogen) atoms. The van der Waals surface area contributed by atoms with E-state index >= 15 is 0 Å². The lowest BCUT2D eigenvalue weighted by Gasteiger charge is -2.04. The number of phenolic OH excluding ortho intramolecular Hbond substituents is 1. The number of benzene rings is 1. The van der Waals surface area contributed by atoms with Crippen LogP contribution in [0.2, 0.25) is 0 Å². The fourth-order valence-electron chi connectivity index (χ4n) is 1.27. The highest BCUT2D eigenvalue weighted by atomic mass is 79.9. The van der Waals surface area contributed by atoms with Gasteiger partial charge in [-0.2, -0.15) is 4.39 Å². The number of carbonyl (C=O) groups is 1. The zero-order valence-corrected chi connectivity index (χ0v) is 10.0. The zero-order valence-electron chi connectivity index (χ0n) is 8.45. The van der Waals surface area contributed by atoms with Crippen LogP contribution in [0.3, 0.4) is 0 Å². The van der Waals surface area contributed by atoms with Gasteiger partial charge in [0.15, 0.2) is 11.6 Å². The minimum absolute atomic E-state index is 0.0868. The number of aromatic nitrogens is 1. The topological polar surface area (TPSA) is 83.6 Å². The average Bonchev–Trinajstić information content (AvgIpc) is 2.80. The van der Waals surface area contributed by atoms with Crippen LogP contribution in [0.1, 0.15) is 10.6 Å². The van der Waals surface area contributed by atoms with E-state index in [1.54, 1.807) is 0 Å². The number of aromatic carboxylic acids is 1. The molecule has 0 spiro atoms. The maximum absolute atomic E-state index is 13.6. The molecule has 2 N–H and O–H groups in total. The molecule has 0 aliphatic rings. The first-order chi connectivity index (χ1) is 8.41. The highest BCUT2D eigenvalue weighted by Crippen LogP contribution is 2.35. The van der Waals surface area contributed by atoms with Gasteiger partial charge >= 0.3 is 5.97 Å². The van der Waals surface area contributed by atoms with Crippen molar-refractivity contribution in [3.63, 3.8) is 0 Å². The Morgan fingerprint density at radius 3 is 2.56 bits per heavy atom. The van der Waals surface area contributed by atoms with Gasteiger partial charge < -0.3 is 14.7 Å². The van der Waals surface area contributed by atoms with Gasteiger partial charge in [0.1, 0.15) is 5.69 Å². The van der Waals surface area contributed by atoms with Crippen molar-refractivity contribution >= 4 is 21.9 Å². The smallest absolute Gasteiger partial charge is 0.374 e. The van der Waals surface area contributed by atoms with Crippen LogP contribution in [0.5, 0.6) is 5.75 Å². The molecule has 0 saturated heterocycles. The molecule has 1 aromatic carbocycles. The van der Waals surface area contributed by atoms with Gasteiger partial charge in [0.2, 0.25) is 11.6 Å². The molecule has 0 aliphatic carbocycles. The minimum atomic E-state index is -1.46. The van der Waals surface area contributed by atoms with Gasteiger partial charge in [-0.05, 0) is 22.0 Å². The summed E-state index contributed by atoms with van der Waals surface area (Å²) in [6.45, 7) is 0. The third kappa shape index (κ3) is 1.94. The predicted octanol–water partition coefficient (Wildman–Crippen LogP) is 2.79. The summed E-state index contributed by atoms with van der Waals surface area (Å²) in [5, 5.41) is 21.1. The van der Waals surface area contributed by atoms with Crippen molar-refractivity contribution in [3.05, 3.63) is 34.0 Å². The minimum Gasteiger partial charge on any atom is -0.504 e. The second kappa shape index (κ2) is 4.37. The zero-order chi connectivity index (χ0) is 13.4. The van der Waals surface area contributed by atoms with Gasteiger partial charge in [-0.25, -0.2) is 9.18 Å². The molecule has 1 heterocycles. The summed E-state index contributed by atoms with van der Waals surface area (Å²) in [4.78, 5) is 10.6. The summed E-state index contributed by atoms with van der Waals surface area (Å²) in [5.41, 5.74) is -0.516. The third-order valence-electron chi connectivity index (χ3n) is 2.13. The van der Waals surface area contributed by atoms with E-state index in [9.17, 15) is 13.6 Å². The number of nitrogens with zero attached hydrogens (tertiary/aromatic N) is 1. The molecule has 0 amide bonds. The first kappa shape index (κ1) is 12.5. The molecule has 2 aromatic rings.